The lowest BCUT2D eigenvalue weighted by Gasteiger charge is -2.10. The third kappa shape index (κ3) is 1.43. The summed E-state index contributed by atoms with van der Waals surface area (Å²) in [5, 5.41) is 36.9. The number of aromatic hydroxyl groups is 4. The van der Waals surface area contributed by atoms with E-state index in [2.05, 4.69) is 4.74 Å². The number of esters is 1. The molecular formula is C8H9NO6. The van der Waals surface area contributed by atoms with E-state index in [1.54, 1.807) is 0 Å². The zero-order valence-electron chi connectivity index (χ0n) is 7.68. The fourth-order valence-electron chi connectivity index (χ4n) is 1.01. The first-order valence-corrected chi connectivity index (χ1v) is 3.75. The van der Waals surface area contributed by atoms with E-state index < -0.39 is 40.2 Å². The van der Waals surface area contributed by atoms with Crippen molar-refractivity contribution in [3.05, 3.63) is 5.56 Å². The monoisotopic (exact) mass is 215 g/mol. The summed E-state index contributed by atoms with van der Waals surface area (Å²) in [5.74, 6) is -4.81. The first kappa shape index (κ1) is 10.8. The Bertz CT molecular complexity index is 399. The van der Waals surface area contributed by atoms with Crippen LogP contribution in [0.2, 0.25) is 0 Å². The summed E-state index contributed by atoms with van der Waals surface area (Å²) >= 11 is 0. The second kappa shape index (κ2) is 3.45. The summed E-state index contributed by atoms with van der Waals surface area (Å²) < 4.78 is 4.23. The fourth-order valence-corrected chi connectivity index (χ4v) is 1.01. The van der Waals surface area contributed by atoms with E-state index in [9.17, 15) is 25.2 Å². The summed E-state index contributed by atoms with van der Waals surface area (Å²) in [4.78, 5) is 11.1. The molecule has 0 unspecified atom stereocenters. The second-order valence-electron chi connectivity index (χ2n) is 2.67. The van der Waals surface area contributed by atoms with Crippen molar-refractivity contribution in [3.8, 4) is 23.0 Å². The smallest absolute Gasteiger partial charge is 0.345 e. The number of hydrogen-bond acceptors (Lipinski definition) is 7. The van der Waals surface area contributed by atoms with Crippen molar-refractivity contribution in [2.45, 2.75) is 0 Å². The molecular weight excluding hydrogens is 206 g/mol. The zero-order valence-corrected chi connectivity index (χ0v) is 7.68. The summed E-state index contributed by atoms with van der Waals surface area (Å²) in [6, 6.07) is 0. The van der Waals surface area contributed by atoms with Crippen LogP contribution in [0, 0.1) is 0 Å². The third-order valence-electron chi connectivity index (χ3n) is 1.82. The Morgan fingerprint density at radius 2 is 1.47 bits per heavy atom. The van der Waals surface area contributed by atoms with Gasteiger partial charge in [-0.3, -0.25) is 0 Å². The van der Waals surface area contributed by atoms with Gasteiger partial charge in [0.1, 0.15) is 5.69 Å². The maximum absolute atomic E-state index is 11.1. The number of nitrogens with two attached hydrogens (primary N) is 1. The highest BCUT2D eigenvalue weighted by Crippen LogP contribution is 2.48. The van der Waals surface area contributed by atoms with E-state index >= 15 is 0 Å². The molecule has 15 heavy (non-hydrogen) atoms. The molecule has 0 saturated heterocycles. The maximum Gasteiger partial charge on any atom is 0.345 e. The SMILES string of the molecule is COC(=O)c1c(O)c(O)c(N)c(O)c1O. The van der Waals surface area contributed by atoms with Gasteiger partial charge in [0, 0.05) is 0 Å². The number of rotatable bonds is 1. The van der Waals surface area contributed by atoms with E-state index in [4.69, 9.17) is 5.73 Å². The molecule has 0 atom stereocenters. The van der Waals surface area contributed by atoms with Gasteiger partial charge in [0.25, 0.3) is 0 Å². The number of benzene rings is 1. The predicted molar refractivity (Wildman–Crippen MR) is 48.9 cm³/mol. The van der Waals surface area contributed by atoms with E-state index in [0.717, 1.165) is 7.11 Å². The lowest BCUT2D eigenvalue weighted by atomic mass is 10.1. The quantitative estimate of drug-likeness (QED) is 0.191. The van der Waals surface area contributed by atoms with Gasteiger partial charge in [-0.05, 0) is 0 Å². The van der Waals surface area contributed by atoms with Crippen LogP contribution < -0.4 is 5.73 Å². The highest BCUT2D eigenvalue weighted by molar-refractivity contribution is 5.99. The van der Waals surface area contributed by atoms with Crippen molar-refractivity contribution in [2.24, 2.45) is 0 Å². The summed E-state index contributed by atoms with van der Waals surface area (Å²) in [7, 11) is 1.01. The van der Waals surface area contributed by atoms with Crippen molar-refractivity contribution in [3.63, 3.8) is 0 Å². The van der Waals surface area contributed by atoms with Gasteiger partial charge in [0.05, 0.1) is 7.11 Å². The van der Waals surface area contributed by atoms with Crippen LogP contribution in [-0.4, -0.2) is 33.5 Å². The molecule has 1 aromatic carbocycles. The van der Waals surface area contributed by atoms with Crippen LogP contribution in [0.5, 0.6) is 23.0 Å². The number of carbonyl (C=O) groups excluding carboxylic acids is 1. The minimum atomic E-state index is -1.12. The van der Waals surface area contributed by atoms with Gasteiger partial charge in [0.15, 0.2) is 28.6 Å². The topological polar surface area (TPSA) is 133 Å². The van der Waals surface area contributed by atoms with Crippen molar-refractivity contribution in [1.29, 1.82) is 0 Å². The molecule has 0 amide bonds. The molecule has 7 heteroatoms. The predicted octanol–water partition coefficient (Wildman–Crippen LogP) is -0.122. The van der Waals surface area contributed by atoms with Gasteiger partial charge in [-0.15, -0.1) is 0 Å². The van der Waals surface area contributed by atoms with Crippen LogP contribution in [0.25, 0.3) is 0 Å². The molecule has 7 nitrogen and oxygen atoms in total. The van der Waals surface area contributed by atoms with Crippen LogP contribution >= 0.6 is 0 Å². The second-order valence-corrected chi connectivity index (χ2v) is 2.67. The summed E-state index contributed by atoms with van der Waals surface area (Å²) in [5.41, 5.74) is 3.75. The molecule has 1 aromatic rings. The number of anilines is 1. The summed E-state index contributed by atoms with van der Waals surface area (Å²) in [6.07, 6.45) is 0. The Kier molecular flexibility index (Phi) is 2.47. The molecule has 1 rings (SSSR count). The molecule has 0 aliphatic carbocycles. The van der Waals surface area contributed by atoms with Crippen molar-refractivity contribution < 1.29 is 30.0 Å². The van der Waals surface area contributed by atoms with E-state index in [-0.39, 0.29) is 0 Å². The Morgan fingerprint density at radius 3 is 1.80 bits per heavy atom. The fraction of sp³-hybridized carbons (Fsp3) is 0.125. The minimum absolute atomic E-state index is 0.627. The number of methoxy groups -OCH3 is 1. The largest absolute Gasteiger partial charge is 0.504 e. The van der Waals surface area contributed by atoms with Crippen molar-refractivity contribution >= 4 is 11.7 Å². The van der Waals surface area contributed by atoms with Gasteiger partial charge in [-0.2, -0.15) is 0 Å². The normalized spacial score (nSPS) is 9.93. The number of carbonyl (C=O) groups is 1. The van der Waals surface area contributed by atoms with Crippen LogP contribution in [0.3, 0.4) is 0 Å². The van der Waals surface area contributed by atoms with Crippen LogP contribution in [0.15, 0.2) is 0 Å². The molecule has 0 fully saturated rings. The molecule has 6 N–H and O–H groups in total. The van der Waals surface area contributed by atoms with Crippen LogP contribution in [0.4, 0.5) is 5.69 Å². The standard InChI is InChI=1S/C8H9NO6/c1-15-8(14)2-4(10)6(12)3(9)7(13)5(2)11/h10-13H,9H2,1H3. The zero-order chi connectivity index (χ0) is 11.7. The van der Waals surface area contributed by atoms with Gasteiger partial charge < -0.3 is 30.9 Å². The number of phenolic OH excluding ortho intramolecular Hbond substituents is 4. The van der Waals surface area contributed by atoms with E-state index in [1.807, 2.05) is 0 Å². The molecule has 82 valence electrons. The molecule has 0 bridgehead atoms. The average Bonchev–Trinajstić information content (AvgIpc) is 2.23. The van der Waals surface area contributed by atoms with Crippen LogP contribution in [-0.2, 0) is 4.74 Å². The highest BCUT2D eigenvalue weighted by atomic mass is 16.5. The van der Waals surface area contributed by atoms with Crippen LogP contribution in [0.1, 0.15) is 10.4 Å². The van der Waals surface area contributed by atoms with Gasteiger partial charge in [-0.1, -0.05) is 0 Å². The number of ether oxygens (including phenoxy) is 1. The van der Waals surface area contributed by atoms with Gasteiger partial charge >= 0.3 is 5.97 Å². The Labute approximate surface area is 84.0 Å². The maximum atomic E-state index is 11.1. The Hall–Kier alpha value is -2.31. The molecule has 0 aliphatic heterocycles. The lowest BCUT2D eigenvalue weighted by Crippen LogP contribution is -2.03. The minimum Gasteiger partial charge on any atom is -0.504 e. The van der Waals surface area contributed by atoms with E-state index in [0.29, 0.717) is 0 Å². The first-order valence-electron chi connectivity index (χ1n) is 3.75. The third-order valence-corrected chi connectivity index (χ3v) is 1.82. The molecule has 0 aliphatic rings. The van der Waals surface area contributed by atoms with Gasteiger partial charge in [-0.25, -0.2) is 4.79 Å². The lowest BCUT2D eigenvalue weighted by molar-refractivity contribution is 0.0592. The molecule has 0 saturated carbocycles. The van der Waals surface area contributed by atoms with E-state index in [1.165, 1.54) is 0 Å². The van der Waals surface area contributed by atoms with Gasteiger partial charge in [0.2, 0.25) is 0 Å². The molecule has 0 radical (unpaired) electrons. The summed E-state index contributed by atoms with van der Waals surface area (Å²) in [6.45, 7) is 0. The first-order chi connectivity index (χ1) is 6.91. The molecule has 0 spiro atoms. The Balaban J connectivity index is 3.60. The Morgan fingerprint density at radius 1 is 1.07 bits per heavy atom. The number of nitrogen functional groups attached to an aromatic ring is 1. The van der Waals surface area contributed by atoms with Crippen molar-refractivity contribution in [1.82, 2.24) is 0 Å². The number of hydrogen-bond donors (Lipinski definition) is 5. The van der Waals surface area contributed by atoms with Crippen molar-refractivity contribution in [2.75, 3.05) is 12.8 Å². The molecule has 0 heterocycles. The number of phenols is 4. The average molecular weight is 215 g/mol. The highest BCUT2D eigenvalue weighted by Gasteiger charge is 2.26. The molecule has 0 aromatic heterocycles.